The molecule has 0 saturated carbocycles. The molecule has 156 valence electrons. The van der Waals surface area contributed by atoms with Crippen molar-refractivity contribution in [2.24, 2.45) is 5.92 Å². The lowest BCUT2D eigenvalue weighted by Crippen LogP contribution is -2.19. The fourth-order valence-corrected chi connectivity index (χ4v) is 3.41. The summed E-state index contributed by atoms with van der Waals surface area (Å²) in [5.41, 5.74) is 4.33. The molecule has 0 saturated heterocycles. The Kier molecular flexibility index (Phi) is 7.67. The number of carbonyl (C=O) groups excluding carboxylic acids is 1. The second-order valence-corrected chi connectivity index (χ2v) is 8.16. The lowest BCUT2D eigenvalue weighted by molar-refractivity contribution is -0.117. The zero-order valence-electron chi connectivity index (χ0n) is 18.1. The number of hydrogen-bond acceptors (Lipinski definition) is 2. The number of amides is 1. The number of carbonyl (C=O) groups is 1. The van der Waals surface area contributed by atoms with Crippen molar-refractivity contribution >= 4 is 11.6 Å². The molecule has 3 aromatic rings. The van der Waals surface area contributed by atoms with Gasteiger partial charge in [0.05, 0.1) is 12.5 Å². The predicted molar refractivity (Wildman–Crippen MR) is 124 cm³/mol. The molecule has 0 spiro atoms. The summed E-state index contributed by atoms with van der Waals surface area (Å²) < 4.78 is 5.87. The molecule has 0 aliphatic heterocycles. The molecule has 3 rings (SSSR count). The summed E-state index contributed by atoms with van der Waals surface area (Å²) in [6.45, 7) is 6.96. The minimum Gasteiger partial charge on any atom is -0.493 e. The molecule has 0 heterocycles. The molecular formula is C27H31NO2. The first-order valence-corrected chi connectivity index (χ1v) is 10.7. The Balaban J connectivity index is 1.54. The Morgan fingerprint density at radius 2 is 1.60 bits per heavy atom. The van der Waals surface area contributed by atoms with Crippen LogP contribution in [0.5, 0.6) is 5.75 Å². The summed E-state index contributed by atoms with van der Waals surface area (Å²) in [6, 6.07) is 26.2. The summed E-state index contributed by atoms with van der Waals surface area (Å²) >= 11 is 0. The van der Waals surface area contributed by atoms with Crippen molar-refractivity contribution < 1.29 is 9.53 Å². The van der Waals surface area contributed by atoms with Gasteiger partial charge in [-0.05, 0) is 48.1 Å². The van der Waals surface area contributed by atoms with E-state index in [9.17, 15) is 4.79 Å². The number of anilines is 1. The Hall–Kier alpha value is -3.07. The van der Waals surface area contributed by atoms with Gasteiger partial charge >= 0.3 is 0 Å². The van der Waals surface area contributed by atoms with Gasteiger partial charge in [-0.25, -0.2) is 0 Å². The molecule has 0 bridgehead atoms. The molecule has 30 heavy (non-hydrogen) atoms. The highest BCUT2D eigenvalue weighted by molar-refractivity contribution is 5.95. The van der Waals surface area contributed by atoms with Crippen molar-refractivity contribution in [1.29, 1.82) is 0 Å². The van der Waals surface area contributed by atoms with Gasteiger partial charge in [-0.15, -0.1) is 0 Å². The fourth-order valence-electron chi connectivity index (χ4n) is 3.41. The molecule has 3 nitrogen and oxygen atoms in total. The van der Waals surface area contributed by atoms with Crippen LogP contribution in [0.2, 0.25) is 0 Å². The van der Waals surface area contributed by atoms with E-state index in [0.29, 0.717) is 12.5 Å². The Morgan fingerprint density at radius 1 is 0.867 bits per heavy atom. The van der Waals surface area contributed by atoms with E-state index in [4.69, 9.17) is 4.74 Å². The smallest absolute Gasteiger partial charge is 0.231 e. The number of rotatable bonds is 9. The van der Waals surface area contributed by atoms with Crippen molar-refractivity contribution in [1.82, 2.24) is 0 Å². The Labute approximate surface area is 180 Å². The van der Waals surface area contributed by atoms with Crippen LogP contribution in [0.1, 0.15) is 43.4 Å². The van der Waals surface area contributed by atoms with E-state index < -0.39 is 0 Å². The predicted octanol–water partition coefficient (Wildman–Crippen LogP) is 6.25. The molecule has 3 heteroatoms. The third-order valence-corrected chi connectivity index (χ3v) is 5.12. The van der Waals surface area contributed by atoms with Gasteiger partial charge in [0.15, 0.2) is 0 Å². The third kappa shape index (κ3) is 6.48. The van der Waals surface area contributed by atoms with Gasteiger partial charge in [0.25, 0.3) is 0 Å². The van der Waals surface area contributed by atoms with Crippen LogP contribution < -0.4 is 10.1 Å². The quantitative estimate of drug-likeness (QED) is 0.460. The maximum atomic E-state index is 12.7. The number of hydrogen-bond donors (Lipinski definition) is 1. The monoisotopic (exact) mass is 401 g/mol. The Morgan fingerprint density at radius 3 is 2.30 bits per heavy atom. The first kappa shape index (κ1) is 21.6. The molecule has 0 fully saturated rings. The molecule has 3 aromatic carbocycles. The molecular weight excluding hydrogens is 370 g/mol. The van der Waals surface area contributed by atoms with E-state index in [2.05, 4.69) is 55.6 Å². The van der Waals surface area contributed by atoms with Gasteiger partial charge in [0, 0.05) is 18.2 Å². The second kappa shape index (κ2) is 10.6. The van der Waals surface area contributed by atoms with E-state index in [-0.39, 0.29) is 11.8 Å². The maximum absolute atomic E-state index is 12.7. The second-order valence-electron chi connectivity index (χ2n) is 8.16. The van der Waals surface area contributed by atoms with Crippen molar-refractivity contribution in [3.63, 3.8) is 0 Å². The largest absolute Gasteiger partial charge is 0.493 e. The van der Waals surface area contributed by atoms with Gasteiger partial charge in [0.1, 0.15) is 5.75 Å². The zero-order valence-corrected chi connectivity index (χ0v) is 18.1. The fraction of sp³-hybridized carbons (Fsp3) is 0.296. The van der Waals surface area contributed by atoms with Gasteiger partial charge in [-0.1, -0.05) is 74.5 Å². The number of benzene rings is 3. The van der Waals surface area contributed by atoms with Crippen molar-refractivity contribution in [2.75, 3.05) is 11.9 Å². The summed E-state index contributed by atoms with van der Waals surface area (Å²) in [7, 11) is 0. The third-order valence-electron chi connectivity index (χ3n) is 5.12. The summed E-state index contributed by atoms with van der Waals surface area (Å²) in [4.78, 5) is 12.7. The molecule has 0 aromatic heterocycles. The van der Waals surface area contributed by atoms with E-state index in [1.54, 1.807) is 0 Å². The normalized spacial score (nSPS) is 11.9. The van der Waals surface area contributed by atoms with Crippen LogP contribution >= 0.6 is 0 Å². The Bertz CT molecular complexity index is 933. The van der Waals surface area contributed by atoms with E-state index in [0.717, 1.165) is 29.8 Å². The van der Waals surface area contributed by atoms with Crippen LogP contribution in [0.25, 0.3) is 0 Å². The van der Waals surface area contributed by atoms with E-state index >= 15 is 0 Å². The van der Waals surface area contributed by atoms with Crippen LogP contribution in [-0.2, 0) is 17.6 Å². The standard InChI is InChI=1S/C27H31NO2/c1-20(2)18-23-12-14-24(15-13-23)21(3)27(29)28-25-10-7-11-26(19-25)30-17-16-22-8-5-4-6-9-22/h4-15,19-21H,16-18H2,1-3H3,(H,28,29). The summed E-state index contributed by atoms with van der Waals surface area (Å²) in [6.07, 6.45) is 1.90. The van der Waals surface area contributed by atoms with Crippen LogP contribution in [0.4, 0.5) is 5.69 Å². The molecule has 1 atom stereocenters. The van der Waals surface area contributed by atoms with Crippen molar-refractivity contribution in [3.05, 3.63) is 95.6 Å². The molecule has 0 radical (unpaired) electrons. The highest BCUT2D eigenvalue weighted by atomic mass is 16.5. The summed E-state index contributed by atoms with van der Waals surface area (Å²) in [5, 5.41) is 3.02. The minimum atomic E-state index is -0.222. The van der Waals surface area contributed by atoms with Crippen molar-refractivity contribution in [2.45, 2.75) is 39.5 Å². The average Bonchev–Trinajstić information content (AvgIpc) is 2.74. The van der Waals surface area contributed by atoms with Crippen LogP contribution in [0, 0.1) is 5.92 Å². The van der Waals surface area contributed by atoms with Gasteiger partial charge in [-0.2, -0.15) is 0 Å². The minimum absolute atomic E-state index is 0.0203. The van der Waals surface area contributed by atoms with E-state index in [1.807, 2.05) is 49.4 Å². The first-order chi connectivity index (χ1) is 14.5. The first-order valence-electron chi connectivity index (χ1n) is 10.7. The summed E-state index contributed by atoms with van der Waals surface area (Å²) in [5.74, 6) is 1.14. The molecule has 1 N–H and O–H groups in total. The number of ether oxygens (including phenoxy) is 1. The molecule has 0 aliphatic carbocycles. The molecule has 1 unspecified atom stereocenters. The van der Waals surface area contributed by atoms with Gasteiger partial charge in [0.2, 0.25) is 5.91 Å². The zero-order chi connectivity index (χ0) is 21.3. The topological polar surface area (TPSA) is 38.3 Å². The average molecular weight is 402 g/mol. The lowest BCUT2D eigenvalue weighted by Gasteiger charge is -2.14. The van der Waals surface area contributed by atoms with E-state index in [1.165, 1.54) is 11.1 Å². The maximum Gasteiger partial charge on any atom is 0.231 e. The molecule has 1 amide bonds. The van der Waals surface area contributed by atoms with Gasteiger partial charge < -0.3 is 10.1 Å². The van der Waals surface area contributed by atoms with Crippen molar-refractivity contribution in [3.8, 4) is 5.75 Å². The number of nitrogens with one attached hydrogen (secondary N) is 1. The highest BCUT2D eigenvalue weighted by Gasteiger charge is 2.15. The van der Waals surface area contributed by atoms with Crippen LogP contribution in [0.3, 0.4) is 0 Å². The molecule has 0 aliphatic rings. The SMILES string of the molecule is CC(C)Cc1ccc(C(C)C(=O)Nc2cccc(OCCc3ccccc3)c2)cc1. The van der Waals surface area contributed by atoms with Crippen LogP contribution in [-0.4, -0.2) is 12.5 Å². The van der Waals surface area contributed by atoms with Crippen LogP contribution in [0.15, 0.2) is 78.9 Å². The lowest BCUT2D eigenvalue weighted by atomic mass is 9.96. The van der Waals surface area contributed by atoms with Gasteiger partial charge in [-0.3, -0.25) is 4.79 Å². The highest BCUT2D eigenvalue weighted by Crippen LogP contribution is 2.22.